The predicted octanol–water partition coefficient (Wildman–Crippen LogP) is -1.52. The van der Waals surface area contributed by atoms with E-state index in [1.54, 1.807) is 0 Å². The summed E-state index contributed by atoms with van der Waals surface area (Å²) in [5, 5.41) is 14.3. The van der Waals surface area contributed by atoms with Gasteiger partial charge in [-0.05, 0) is 32.7 Å². The van der Waals surface area contributed by atoms with Crippen molar-refractivity contribution >= 4 is 17.8 Å². The maximum Gasteiger partial charge on any atom is 0.326 e. The van der Waals surface area contributed by atoms with Crippen molar-refractivity contribution in [2.45, 2.75) is 50.7 Å². The normalized spacial score (nSPS) is 13.8. The molecule has 1 aromatic rings. The van der Waals surface area contributed by atoms with E-state index in [0.29, 0.717) is 25.1 Å². The molecule has 0 spiro atoms. The summed E-state index contributed by atoms with van der Waals surface area (Å²) in [6.07, 6.45) is 4.61. The van der Waals surface area contributed by atoms with E-state index in [4.69, 9.17) is 11.5 Å². The quantitative estimate of drug-likeness (QED) is 0.187. The molecule has 1 rings (SSSR count). The van der Waals surface area contributed by atoms with Crippen molar-refractivity contribution in [3.8, 4) is 0 Å². The van der Waals surface area contributed by atoms with Gasteiger partial charge in [0.05, 0.1) is 12.4 Å². The van der Waals surface area contributed by atoms with Crippen LogP contribution < -0.4 is 22.1 Å². The molecule has 0 aromatic carbocycles. The number of H-pyrrole nitrogens is 1. The number of imidazole rings is 1. The van der Waals surface area contributed by atoms with Gasteiger partial charge in [-0.15, -0.1) is 0 Å². The number of hydrogen-bond acceptors (Lipinski definition) is 6. The SMILES string of the molecule is CC(N)C(=O)NC(Cc1cnc[nH]1)C(=O)NC(CCCCN)C(=O)O.[Cu]. The summed E-state index contributed by atoms with van der Waals surface area (Å²) in [7, 11) is 0. The molecule has 26 heavy (non-hydrogen) atoms. The Morgan fingerprint density at radius 1 is 1.23 bits per heavy atom. The second kappa shape index (κ2) is 12.4. The molecule has 0 bridgehead atoms. The van der Waals surface area contributed by atoms with Crippen LogP contribution in [0.3, 0.4) is 0 Å². The molecule has 10 nitrogen and oxygen atoms in total. The summed E-state index contributed by atoms with van der Waals surface area (Å²) in [4.78, 5) is 42.4. The van der Waals surface area contributed by atoms with Gasteiger partial charge in [0.15, 0.2) is 0 Å². The molecule has 151 valence electrons. The summed E-state index contributed by atoms with van der Waals surface area (Å²) in [5.41, 5.74) is 11.5. The Hall–Kier alpha value is -1.94. The second-order valence-electron chi connectivity index (χ2n) is 5.81. The molecule has 0 aliphatic heterocycles. The smallest absolute Gasteiger partial charge is 0.326 e. The van der Waals surface area contributed by atoms with Gasteiger partial charge in [-0.2, -0.15) is 0 Å². The van der Waals surface area contributed by atoms with Crippen molar-refractivity contribution in [1.29, 1.82) is 0 Å². The van der Waals surface area contributed by atoms with Gasteiger partial charge in [-0.3, -0.25) is 9.59 Å². The van der Waals surface area contributed by atoms with Crippen molar-refractivity contribution in [3.63, 3.8) is 0 Å². The zero-order valence-electron chi connectivity index (χ0n) is 14.5. The minimum atomic E-state index is -1.14. The fraction of sp³-hybridized carbons (Fsp3) is 0.600. The largest absolute Gasteiger partial charge is 0.480 e. The van der Waals surface area contributed by atoms with E-state index >= 15 is 0 Å². The van der Waals surface area contributed by atoms with Crippen LogP contribution in [0, 0.1) is 0 Å². The van der Waals surface area contributed by atoms with E-state index in [1.807, 2.05) is 0 Å². The van der Waals surface area contributed by atoms with E-state index in [2.05, 4.69) is 20.6 Å². The monoisotopic (exact) mass is 417 g/mol. The number of hydrogen-bond donors (Lipinski definition) is 6. The van der Waals surface area contributed by atoms with Gasteiger partial charge < -0.3 is 32.2 Å². The van der Waals surface area contributed by atoms with Crippen molar-refractivity contribution in [2.24, 2.45) is 11.5 Å². The van der Waals surface area contributed by atoms with Gasteiger partial charge in [0.1, 0.15) is 12.1 Å². The van der Waals surface area contributed by atoms with Crippen molar-refractivity contribution in [1.82, 2.24) is 20.6 Å². The minimum absolute atomic E-state index is 0. The van der Waals surface area contributed by atoms with Crippen LogP contribution in [0.5, 0.6) is 0 Å². The Kier molecular flexibility index (Phi) is 11.5. The summed E-state index contributed by atoms with van der Waals surface area (Å²) >= 11 is 0. The van der Waals surface area contributed by atoms with Crippen LogP contribution in [-0.4, -0.2) is 57.5 Å². The van der Waals surface area contributed by atoms with Gasteiger partial charge in [-0.1, -0.05) is 0 Å². The molecular formula is C15H26CuN6O4. The molecule has 0 aliphatic rings. The number of rotatable bonds is 11. The number of carboxylic acid groups (broad SMARTS) is 1. The molecule has 3 atom stereocenters. The Balaban J connectivity index is 0.00000625. The fourth-order valence-corrected chi connectivity index (χ4v) is 2.15. The first kappa shape index (κ1) is 24.1. The standard InChI is InChI=1S/C15H26N6O4.Cu/c1-9(17)13(22)21-12(6-10-7-18-8-19-10)14(23)20-11(15(24)25)4-2-3-5-16;/h7-9,11-12H,2-6,16-17H2,1H3,(H,18,19)(H,20,23)(H,21,22)(H,24,25);. The van der Waals surface area contributed by atoms with Crippen LogP contribution in [0.15, 0.2) is 12.5 Å². The summed E-state index contributed by atoms with van der Waals surface area (Å²) in [5.74, 6) is -2.23. The Bertz CT molecular complexity index is 566. The molecule has 0 fully saturated rings. The third-order valence-electron chi connectivity index (χ3n) is 3.59. The van der Waals surface area contributed by atoms with Gasteiger partial charge in [0.25, 0.3) is 0 Å². The zero-order chi connectivity index (χ0) is 18.8. The summed E-state index contributed by atoms with van der Waals surface area (Å²) < 4.78 is 0. The van der Waals surface area contributed by atoms with Crippen LogP contribution in [0.2, 0.25) is 0 Å². The first-order valence-electron chi connectivity index (χ1n) is 8.11. The number of amides is 2. The molecule has 11 heteroatoms. The molecule has 1 radical (unpaired) electrons. The Morgan fingerprint density at radius 2 is 1.88 bits per heavy atom. The number of aliphatic carboxylic acids is 1. The number of unbranched alkanes of at least 4 members (excludes halogenated alkanes) is 1. The number of aromatic nitrogens is 2. The summed E-state index contributed by atoms with van der Waals surface area (Å²) in [6, 6.07) is -2.80. The van der Waals surface area contributed by atoms with Crippen molar-refractivity contribution in [3.05, 3.63) is 18.2 Å². The average molecular weight is 418 g/mol. The van der Waals surface area contributed by atoms with Crippen LogP contribution in [0.1, 0.15) is 31.9 Å². The molecule has 1 aromatic heterocycles. The number of carboxylic acids is 1. The van der Waals surface area contributed by atoms with Gasteiger partial charge in [-0.25, -0.2) is 9.78 Å². The first-order valence-corrected chi connectivity index (χ1v) is 8.11. The number of nitrogens with zero attached hydrogens (tertiary/aromatic N) is 1. The van der Waals surface area contributed by atoms with E-state index < -0.39 is 35.9 Å². The van der Waals surface area contributed by atoms with E-state index in [0.717, 1.165) is 0 Å². The number of nitrogens with two attached hydrogens (primary N) is 2. The van der Waals surface area contributed by atoms with Crippen LogP contribution >= 0.6 is 0 Å². The van der Waals surface area contributed by atoms with E-state index in [9.17, 15) is 19.5 Å². The Labute approximate surface area is 162 Å². The number of nitrogens with one attached hydrogen (secondary N) is 3. The van der Waals surface area contributed by atoms with Crippen molar-refractivity contribution in [2.75, 3.05) is 6.54 Å². The molecule has 8 N–H and O–H groups in total. The third kappa shape index (κ3) is 8.43. The van der Waals surface area contributed by atoms with Crippen LogP contribution in [0.4, 0.5) is 0 Å². The second-order valence-corrected chi connectivity index (χ2v) is 5.81. The van der Waals surface area contributed by atoms with E-state index in [-0.39, 0.29) is 29.9 Å². The van der Waals surface area contributed by atoms with Crippen molar-refractivity contribution < 1.29 is 36.6 Å². The molecule has 0 aliphatic carbocycles. The topological polar surface area (TPSA) is 176 Å². The fourth-order valence-electron chi connectivity index (χ4n) is 2.15. The third-order valence-corrected chi connectivity index (χ3v) is 3.59. The Morgan fingerprint density at radius 3 is 2.38 bits per heavy atom. The first-order chi connectivity index (χ1) is 11.8. The molecule has 3 unspecified atom stereocenters. The molecular weight excluding hydrogens is 392 g/mol. The zero-order valence-corrected chi connectivity index (χ0v) is 15.4. The number of aromatic amines is 1. The molecule has 1 heterocycles. The van der Waals surface area contributed by atoms with E-state index in [1.165, 1.54) is 19.4 Å². The van der Waals surface area contributed by atoms with Crippen LogP contribution in [-0.2, 0) is 37.9 Å². The number of carbonyl (C=O) groups excluding carboxylic acids is 2. The predicted molar refractivity (Wildman–Crippen MR) is 90.3 cm³/mol. The molecule has 0 saturated heterocycles. The number of carbonyl (C=O) groups is 3. The van der Waals surface area contributed by atoms with Crippen LogP contribution in [0.25, 0.3) is 0 Å². The van der Waals surface area contributed by atoms with Gasteiger partial charge >= 0.3 is 5.97 Å². The summed E-state index contributed by atoms with van der Waals surface area (Å²) in [6.45, 7) is 1.94. The maximum absolute atomic E-state index is 12.5. The average Bonchev–Trinajstić information content (AvgIpc) is 3.06. The van der Waals surface area contributed by atoms with Gasteiger partial charge in [0, 0.05) is 35.4 Å². The molecule has 0 saturated carbocycles. The maximum atomic E-state index is 12.5. The van der Waals surface area contributed by atoms with Gasteiger partial charge in [0.2, 0.25) is 11.8 Å². The minimum Gasteiger partial charge on any atom is -0.480 e. The molecule has 2 amide bonds.